The van der Waals surface area contributed by atoms with Crippen LogP contribution in [0.15, 0.2) is 36.5 Å². The fraction of sp³-hybridized carbons (Fsp3) is 0.814. The van der Waals surface area contributed by atoms with Crippen LogP contribution in [0.1, 0.15) is 187 Å². The predicted octanol–water partition coefficient (Wildman–Crippen LogP) is 11.2. The highest BCUT2D eigenvalue weighted by Gasteiger charge is 2.27. The van der Waals surface area contributed by atoms with Crippen molar-refractivity contribution in [3.63, 3.8) is 0 Å². The number of rotatable bonds is 40. The Labute approximate surface area is 329 Å². The first-order chi connectivity index (χ1) is 26.2. The van der Waals surface area contributed by atoms with E-state index in [1.54, 1.807) is 0 Å². The molecule has 0 aromatic rings. The molecule has 0 aromatic carbocycles. The molecule has 0 heterocycles. The molecule has 0 saturated heterocycles. The fourth-order valence-corrected chi connectivity index (χ4v) is 6.45. The van der Waals surface area contributed by atoms with Crippen LogP contribution in [0.5, 0.6) is 0 Å². The molecule has 54 heavy (non-hydrogen) atoms. The molecule has 3 N–H and O–H groups in total. The summed E-state index contributed by atoms with van der Waals surface area (Å²) < 4.78 is 32.7. The van der Waals surface area contributed by atoms with Crippen LogP contribution >= 0.6 is 7.82 Å². The van der Waals surface area contributed by atoms with E-state index in [9.17, 15) is 24.2 Å². The minimum absolute atomic E-state index is 0.173. The van der Waals surface area contributed by atoms with Crippen LogP contribution in [-0.4, -0.2) is 65.7 Å². The van der Waals surface area contributed by atoms with Gasteiger partial charge in [0.2, 0.25) is 0 Å². The average Bonchev–Trinajstić information content (AvgIpc) is 3.16. The highest BCUT2D eigenvalue weighted by atomic mass is 31.2. The van der Waals surface area contributed by atoms with Crippen LogP contribution in [0, 0.1) is 0 Å². The molecular formula is C43H79O10P. The zero-order chi connectivity index (χ0) is 39.8. The summed E-state index contributed by atoms with van der Waals surface area (Å²) in [4.78, 5) is 34.9. The molecule has 0 amide bonds. The SMILES string of the molecule is CCCCC/C=C\C/C=C\CCCCCCCCCCCC(=O)OC[C@H](COP(=O)(O)OC[C@@H](O)CO)OC(=O)CCCCCCC/C=C\CCCCC. The van der Waals surface area contributed by atoms with Gasteiger partial charge >= 0.3 is 19.8 Å². The first kappa shape index (κ1) is 52.2. The summed E-state index contributed by atoms with van der Waals surface area (Å²) in [6.07, 6.45) is 39.7. The molecule has 10 nitrogen and oxygen atoms in total. The van der Waals surface area contributed by atoms with Gasteiger partial charge in [0.05, 0.1) is 19.8 Å². The van der Waals surface area contributed by atoms with Crippen LogP contribution in [0.25, 0.3) is 0 Å². The topological polar surface area (TPSA) is 149 Å². The van der Waals surface area contributed by atoms with Crippen LogP contribution in [-0.2, 0) is 32.7 Å². The number of carbonyl (C=O) groups excluding carboxylic acids is 2. The molecule has 0 rings (SSSR count). The molecule has 11 heteroatoms. The van der Waals surface area contributed by atoms with E-state index >= 15 is 0 Å². The van der Waals surface area contributed by atoms with E-state index in [4.69, 9.17) is 19.1 Å². The Hall–Kier alpha value is -1.81. The Bertz CT molecular complexity index is 999. The zero-order valence-electron chi connectivity index (χ0n) is 34.2. The van der Waals surface area contributed by atoms with Gasteiger partial charge in [-0.3, -0.25) is 18.6 Å². The average molecular weight is 787 g/mol. The lowest BCUT2D eigenvalue weighted by Gasteiger charge is -2.20. The minimum Gasteiger partial charge on any atom is -0.462 e. The normalized spacial score (nSPS) is 14.2. The highest BCUT2D eigenvalue weighted by molar-refractivity contribution is 7.47. The summed E-state index contributed by atoms with van der Waals surface area (Å²) in [6, 6.07) is 0. The van der Waals surface area contributed by atoms with E-state index in [-0.39, 0.29) is 19.4 Å². The molecule has 0 bridgehead atoms. The van der Waals surface area contributed by atoms with Gasteiger partial charge in [-0.2, -0.15) is 0 Å². The van der Waals surface area contributed by atoms with Gasteiger partial charge in [-0.05, 0) is 70.6 Å². The number of phosphoric ester groups is 1. The van der Waals surface area contributed by atoms with Crippen molar-refractivity contribution >= 4 is 19.8 Å². The van der Waals surface area contributed by atoms with Gasteiger partial charge in [0.25, 0.3) is 0 Å². The molecule has 0 radical (unpaired) electrons. The number of hydrogen-bond donors (Lipinski definition) is 3. The fourth-order valence-electron chi connectivity index (χ4n) is 5.66. The molecule has 0 aliphatic heterocycles. The van der Waals surface area contributed by atoms with Crippen LogP contribution in [0.2, 0.25) is 0 Å². The third kappa shape index (κ3) is 38.5. The Morgan fingerprint density at radius 2 is 0.963 bits per heavy atom. The summed E-state index contributed by atoms with van der Waals surface area (Å²) in [5.41, 5.74) is 0. The highest BCUT2D eigenvalue weighted by Crippen LogP contribution is 2.43. The quantitative estimate of drug-likeness (QED) is 0.0237. The second kappa shape index (κ2) is 39.4. The zero-order valence-corrected chi connectivity index (χ0v) is 35.1. The number of aliphatic hydroxyl groups excluding tert-OH is 2. The lowest BCUT2D eigenvalue weighted by Crippen LogP contribution is -2.29. The molecule has 0 fully saturated rings. The van der Waals surface area contributed by atoms with Gasteiger partial charge < -0.3 is 24.6 Å². The van der Waals surface area contributed by atoms with E-state index in [2.05, 4.69) is 54.8 Å². The van der Waals surface area contributed by atoms with Gasteiger partial charge in [0.1, 0.15) is 12.7 Å². The van der Waals surface area contributed by atoms with E-state index in [0.29, 0.717) is 12.8 Å². The minimum atomic E-state index is -4.62. The van der Waals surface area contributed by atoms with Crippen molar-refractivity contribution in [2.24, 2.45) is 0 Å². The Morgan fingerprint density at radius 3 is 1.44 bits per heavy atom. The molecule has 0 aliphatic rings. The van der Waals surface area contributed by atoms with Crippen molar-refractivity contribution in [2.75, 3.05) is 26.4 Å². The maximum Gasteiger partial charge on any atom is 0.472 e. The van der Waals surface area contributed by atoms with E-state index in [1.165, 1.54) is 77.0 Å². The van der Waals surface area contributed by atoms with Crippen molar-refractivity contribution in [1.29, 1.82) is 0 Å². The standard InChI is InChI=1S/C43H79O10P/c1-3-5-7-9-11-13-15-17-18-19-20-21-22-23-25-26-28-30-32-34-42(46)50-38-41(39-52-54(48,49)51-37-40(45)36-44)53-43(47)35-33-31-29-27-24-16-14-12-10-8-6-4-2/h11-14,17-18,40-41,44-45H,3-10,15-16,19-39H2,1-2H3,(H,48,49)/b13-11-,14-12-,18-17-/t40-,41+/m0/s1. The smallest absolute Gasteiger partial charge is 0.462 e. The van der Waals surface area contributed by atoms with Gasteiger partial charge in [-0.1, -0.05) is 140 Å². The summed E-state index contributed by atoms with van der Waals surface area (Å²) in [6.45, 7) is 2.31. The predicted molar refractivity (Wildman–Crippen MR) is 219 cm³/mol. The maximum absolute atomic E-state index is 12.6. The number of allylic oxidation sites excluding steroid dienone is 6. The number of esters is 2. The summed E-state index contributed by atoms with van der Waals surface area (Å²) in [5, 5.41) is 18.3. The summed E-state index contributed by atoms with van der Waals surface area (Å²) in [7, 11) is -4.62. The van der Waals surface area contributed by atoms with Gasteiger partial charge in [-0.15, -0.1) is 0 Å². The third-order valence-corrected chi connectivity index (χ3v) is 9.97. The molecule has 1 unspecified atom stereocenters. The molecule has 3 atom stereocenters. The van der Waals surface area contributed by atoms with Crippen molar-refractivity contribution in [3.8, 4) is 0 Å². The van der Waals surface area contributed by atoms with Crippen molar-refractivity contribution in [2.45, 2.75) is 199 Å². The third-order valence-electron chi connectivity index (χ3n) is 9.02. The molecule has 0 aromatic heterocycles. The second-order valence-corrected chi connectivity index (χ2v) is 15.8. The second-order valence-electron chi connectivity index (χ2n) is 14.4. The van der Waals surface area contributed by atoms with Gasteiger partial charge in [0, 0.05) is 12.8 Å². The Kier molecular flexibility index (Phi) is 38.1. The number of phosphoric acid groups is 1. The number of carbonyl (C=O) groups is 2. The van der Waals surface area contributed by atoms with Crippen molar-refractivity contribution in [3.05, 3.63) is 36.5 Å². The van der Waals surface area contributed by atoms with E-state index in [1.807, 2.05) is 0 Å². The first-order valence-corrected chi connectivity index (χ1v) is 22.9. The number of unbranched alkanes of at least 4 members (excludes halogenated alkanes) is 20. The summed E-state index contributed by atoms with van der Waals surface area (Å²) >= 11 is 0. The lowest BCUT2D eigenvalue weighted by molar-refractivity contribution is -0.161. The molecule has 0 saturated carbocycles. The van der Waals surface area contributed by atoms with Gasteiger partial charge in [-0.25, -0.2) is 4.57 Å². The number of hydrogen-bond acceptors (Lipinski definition) is 9. The first-order valence-electron chi connectivity index (χ1n) is 21.4. The van der Waals surface area contributed by atoms with Crippen molar-refractivity contribution < 1.29 is 47.8 Å². The van der Waals surface area contributed by atoms with Crippen LogP contribution < -0.4 is 0 Å². The van der Waals surface area contributed by atoms with Crippen molar-refractivity contribution in [1.82, 2.24) is 0 Å². The number of ether oxygens (including phenoxy) is 2. The number of aliphatic hydroxyl groups is 2. The summed E-state index contributed by atoms with van der Waals surface area (Å²) in [5.74, 6) is -0.939. The van der Waals surface area contributed by atoms with E-state index in [0.717, 1.165) is 70.6 Å². The van der Waals surface area contributed by atoms with Crippen LogP contribution in [0.4, 0.5) is 0 Å². The van der Waals surface area contributed by atoms with Crippen LogP contribution in [0.3, 0.4) is 0 Å². The van der Waals surface area contributed by atoms with E-state index < -0.39 is 51.8 Å². The molecule has 316 valence electrons. The molecular weight excluding hydrogens is 707 g/mol. The van der Waals surface area contributed by atoms with Gasteiger partial charge in [0.15, 0.2) is 6.10 Å². The Balaban J connectivity index is 4.26. The Morgan fingerprint density at radius 1 is 0.556 bits per heavy atom. The molecule has 0 spiro atoms. The monoisotopic (exact) mass is 787 g/mol. The lowest BCUT2D eigenvalue weighted by atomic mass is 10.1. The maximum atomic E-state index is 12.6. The largest absolute Gasteiger partial charge is 0.472 e. The molecule has 0 aliphatic carbocycles.